The number of fused-ring (bicyclic) bond motifs is 4. The van der Waals surface area contributed by atoms with Crippen molar-refractivity contribution in [3.05, 3.63) is 34.9 Å². The maximum atomic E-state index is 11.6. The Morgan fingerprint density at radius 3 is 2.89 bits per heavy atom. The molecular weight excluding hydrogens is 236 g/mol. The summed E-state index contributed by atoms with van der Waals surface area (Å²) >= 11 is 0. The van der Waals surface area contributed by atoms with Crippen molar-refractivity contribution >= 4 is 5.78 Å². The SMILES string of the molecule is O=C1C=C2CC[C@@H]3C(=C2CC1)C=C[C@H]1[C@H]3CC[C@@H]1O. The summed E-state index contributed by atoms with van der Waals surface area (Å²) < 4.78 is 0. The topological polar surface area (TPSA) is 37.3 Å². The highest BCUT2D eigenvalue weighted by molar-refractivity contribution is 5.93. The molecule has 0 aromatic rings. The Kier molecular flexibility index (Phi) is 2.56. The second kappa shape index (κ2) is 4.17. The molecule has 0 saturated heterocycles. The van der Waals surface area contributed by atoms with Crippen LogP contribution in [0.15, 0.2) is 34.9 Å². The van der Waals surface area contributed by atoms with E-state index in [-0.39, 0.29) is 6.10 Å². The molecular formula is C17H20O2. The quantitative estimate of drug-likeness (QED) is 0.723. The van der Waals surface area contributed by atoms with Gasteiger partial charge in [-0.3, -0.25) is 4.79 Å². The van der Waals surface area contributed by atoms with Gasteiger partial charge in [0.25, 0.3) is 0 Å². The van der Waals surface area contributed by atoms with E-state index in [9.17, 15) is 9.90 Å². The molecule has 4 atom stereocenters. The maximum absolute atomic E-state index is 11.6. The van der Waals surface area contributed by atoms with Gasteiger partial charge in [-0.1, -0.05) is 12.2 Å². The highest BCUT2D eigenvalue weighted by Crippen LogP contribution is 2.51. The fraction of sp³-hybridized carbons (Fsp3) is 0.588. The lowest BCUT2D eigenvalue weighted by Gasteiger charge is -2.39. The van der Waals surface area contributed by atoms with Crippen LogP contribution in [0.3, 0.4) is 0 Å². The lowest BCUT2D eigenvalue weighted by molar-refractivity contribution is -0.114. The minimum Gasteiger partial charge on any atom is -0.393 e. The molecule has 1 saturated carbocycles. The molecule has 2 heteroatoms. The van der Waals surface area contributed by atoms with E-state index in [4.69, 9.17) is 0 Å². The molecule has 19 heavy (non-hydrogen) atoms. The van der Waals surface area contributed by atoms with Gasteiger partial charge in [-0.25, -0.2) is 0 Å². The Hall–Kier alpha value is -1.15. The molecule has 100 valence electrons. The molecule has 0 bridgehead atoms. The second-order valence-electron chi connectivity index (χ2n) is 6.46. The first-order valence-corrected chi connectivity index (χ1v) is 7.57. The summed E-state index contributed by atoms with van der Waals surface area (Å²) in [7, 11) is 0. The number of carbonyl (C=O) groups excluding carboxylic acids is 1. The van der Waals surface area contributed by atoms with Crippen LogP contribution in [0, 0.1) is 17.8 Å². The van der Waals surface area contributed by atoms with Crippen molar-refractivity contribution in [2.45, 2.75) is 44.6 Å². The number of allylic oxidation sites excluding steroid dienone is 5. The standard InChI is InChI=1S/C17H20O2/c18-11-2-4-12-10(9-11)1-3-14-13(12)5-6-16-15(14)7-8-17(16)19/h5-6,9,14-17,19H,1-4,7-8H2/t14-,15+,16+,17+/m1/s1. The molecule has 0 aliphatic heterocycles. The third kappa shape index (κ3) is 1.69. The lowest BCUT2D eigenvalue weighted by Crippen LogP contribution is -2.31. The fourth-order valence-electron chi connectivity index (χ4n) is 4.66. The van der Waals surface area contributed by atoms with Gasteiger partial charge in [-0.05, 0) is 66.7 Å². The summed E-state index contributed by atoms with van der Waals surface area (Å²) in [6.45, 7) is 0. The van der Waals surface area contributed by atoms with E-state index in [1.807, 2.05) is 6.08 Å². The summed E-state index contributed by atoms with van der Waals surface area (Å²) in [5.41, 5.74) is 4.23. The first kappa shape index (κ1) is 11.7. The van der Waals surface area contributed by atoms with E-state index in [0.29, 0.717) is 30.0 Å². The Morgan fingerprint density at radius 2 is 2.00 bits per heavy atom. The van der Waals surface area contributed by atoms with Crippen LogP contribution in [-0.4, -0.2) is 17.0 Å². The van der Waals surface area contributed by atoms with Crippen LogP contribution in [0.25, 0.3) is 0 Å². The lowest BCUT2D eigenvalue weighted by atomic mass is 9.66. The monoisotopic (exact) mass is 256 g/mol. The van der Waals surface area contributed by atoms with Crippen molar-refractivity contribution in [1.82, 2.24) is 0 Å². The maximum Gasteiger partial charge on any atom is 0.156 e. The average molecular weight is 256 g/mol. The summed E-state index contributed by atoms with van der Waals surface area (Å²) in [6.07, 6.45) is 12.2. The summed E-state index contributed by atoms with van der Waals surface area (Å²) in [6, 6.07) is 0. The number of hydrogen-bond acceptors (Lipinski definition) is 2. The molecule has 0 spiro atoms. The number of hydrogen-bond donors (Lipinski definition) is 1. The van der Waals surface area contributed by atoms with Crippen LogP contribution in [0.2, 0.25) is 0 Å². The molecule has 0 amide bonds. The van der Waals surface area contributed by atoms with E-state index in [1.54, 1.807) is 0 Å². The van der Waals surface area contributed by atoms with Crippen LogP contribution in [0.1, 0.15) is 38.5 Å². The molecule has 0 aromatic heterocycles. The summed E-state index contributed by atoms with van der Waals surface area (Å²) in [5, 5.41) is 10.1. The van der Waals surface area contributed by atoms with Gasteiger partial charge in [0.15, 0.2) is 5.78 Å². The van der Waals surface area contributed by atoms with Gasteiger partial charge in [0.05, 0.1) is 6.10 Å². The average Bonchev–Trinajstić information content (AvgIpc) is 2.80. The highest BCUT2D eigenvalue weighted by Gasteiger charge is 2.43. The molecule has 4 aliphatic carbocycles. The molecule has 0 heterocycles. The zero-order valence-electron chi connectivity index (χ0n) is 11.1. The number of aliphatic hydroxyl groups excluding tert-OH is 1. The molecule has 1 fully saturated rings. The molecule has 0 unspecified atom stereocenters. The number of rotatable bonds is 0. The third-order valence-electron chi connectivity index (χ3n) is 5.57. The van der Waals surface area contributed by atoms with Crippen LogP contribution in [0.5, 0.6) is 0 Å². The number of aliphatic hydroxyl groups is 1. The predicted molar refractivity (Wildman–Crippen MR) is 73.4 cm³/mol. The van der Waals surface area contributed by atoms with Gasteiger partial charge in [-0.15, -0.1) is 0 Å². The van der Waals surface area contributed by atoms with Crippen molar-refractivity contribution in [3.63, 3.8) is 0 Å². The minimum atomic E-state index is -0.127. The van der Waals surface area contributed by atoms with Gasteiger partial charge < -0.3 is 5.11 Å². The summed E-state index contributed by atoms with van der Waals surface area (Å²) in [4.78, 5) is 11.6. The largest absolute Gasteiger partial charge is 0.393 e. The smallest absolute Gasteiger partial charge is 0.156 e. The molecule has 4 aliphatic rings. The predicted octanol–water partition coefficient (Wildman–Crippen LogP) is 2.94. The van der Waals surface area contributed by atoms with E-state index in [1.165, 1.54) is 16.7 Å². The third-order valence-corrected chi connectivity index (χ3v) is 5.57. The Morgan fingerprint density at radius 1 is 1.11 bits per heavy atom. The normalized spacial score (nSPS) is 40.7. The van der Waals surface area contributed by atoms with Crippen LogP contribution >= 0.6 is 0 Å². The zero-order chi connectivity index (χ0) is 13.0. The molecule has 0 aromatic carbocycles. The van der Waals surface area contributed by atoms with Gasteiger partial charge >= 0.3 is 0 Å². The molecule has 4 rings (SSSR count). The van der Waals surface area contributed by atoms with Gasteiger partial charge in [0.2, 0.25) is 0 Å². The second-order valence-corrected chi connectivity index (χ2v) is 6.46. The first-order valence-electron chi connectivity index (χ1n) is 7.57. The highest BCUT2D eigenvalue weighted by atomic mass is 16.3. The fourth-order valence-corrected chi connectivity index (χ4v) is 4.66. The molecule has 1 N–H and O–H groups in total. The van der Waals surface area contributed by atoms with Gasteiger partial charge in [0.1, 0.15) is 0 Å². The van der Waals surface area contributed by atoms with Gasteiger partial charge in [0, 0.05) is 12.3 Å². The van der Waals surface area contributed by atoms with Crippen LogP contribution in [-0.2, 0) is 4.79 Å². The van der Waals surface area contributed by atoms with E-state index in [2.05, 4.69) is 12.2 Å². The molecule has 0 radical (unpaired) electrons. The number of carbonyl (C=O) groups is 1. The Balaban J connectivity index is 1.78. The number of ketones is 1. The van der Waals surface area contributed by atoms with Crippen LogP contribution in [0.4, 0.5) is 0 Å². The first-order chi connectivity index (χ1) is 9.24. The van der Waals surface area contributed by atoms with Crippen molar-refractivity contribution in [1.29, 1.82) is 0 Å². The summed E-state index contributed by atoms with van der Waals surface area (Å²) in [5.74, 6) is 1.95. The molecule has 2 nitrogen and oxygen atoms in total. The Labute approximate surface area is 113 Å². The zero-order valence-corrected chi connectivity index (χ0v) is 11.1. The Bertz CT molecular complexity index is 523. The van der Waals surface area contributed by atoms with E-state index in [0.717, 1.165) is 32.1 Å². The van der Waals surface area contributed by atoms with E-state index < -0.39 is 0 Å². The van der Waals surface area contributed by atoms with Crippen molar-refractivity contribution in [3.8, 4) is 0 Å². The van der Waals surface area contributed by atoms with Crippen molar-refractivity contribution in [2.75, 3.05) is 0 Å². The van der Waals surface area contributed by atoms with Crippen molar-refractivity contribution in [2.24, 2.45) is 17.8 Å². The minimum absolute atomic E-state index is 0.127. The van der Waals surface area contributed by atoms with Gasteiger partial charge in [-0.2, -0.15) is 0 Å². The van der Waals surface area contributed by atoms with Crippen LogP contribution < -0.4 is 0 Å². The van der Waals surface area contributed by atoms with E-state index >= 15 is 0 Å². The van der Waals surface area contributed by atoms with Crippen molar-refractivity contribution < 1.29 is 9.90 Å².